The van der Waals surface area contributed by atoms with Crippen molar-refractivity contribution >= 4 is 58.3 Å². The zero-order chi connectivity index (χ0) is 49.0. The maximum atomic E-state index is 13.4. The van der Waals surface area contributed by atoms with Crippen LogP contribution in [0.4, 0.5) is 0 Å². The van der Waals surface area contributed by atoms with Gasteiger partial charge in [0, 0.05) is 56.3 Å². The maximum absolute atomic E-state index is 13.4. The number of nitrogens with zero attached hydrogens (tertiary/aromatic N) is 2. The van der Waals surface area contributed by atoms with Gasteiger partial charge in [0.2, 0.25) is 0 Å². The molecule has 0 amide bonds. The average molecular weight is 937 g/mol. The number of aryl methyl sites for hydroxylation is 3. The van der Waals surface area contributed by atoms with E-state index in [0.717, 1.165) is 100 Å². The van der Waals surface area contributed by atoms with Crippen LogP contribution >= 0.6 is 0 Å². The van der Waals surface area contributed by atoms with Gasteiger partial charge in [-0.05, 0) is 122 Å². The Morgan fingerprint density at radius 1 is 0.465 bits per heavy atom. The molecule has 0 saturated heterocycles. The highest BCUT2D eigenvalue weighted by molar-refractivity contribution is 6.00. The van der Waals surface area contributed by atoms with Crippen LogP contribution in [0.5, 0.6) is 11.5 Å². The summed E-state index contributed by atoms with van der Waals surface area (Å²) in [7, 11) is 3.11. The minimum atomic E-state index is -0.479. The number of ether oxygens (including phenoxy) is 4. The Kier molecular flexibility index (Phi) is 13.0. The highest BCUT2D eigenvalue weighted by Gasteiger charge is 2.20. The average Bonchev–Trinajstić information content (AvgIpc) is 4.24. The standard InChI is InChI=1S/C61H52N4O6/c1-37-7-13-40(14-8-37)57-47-24-26-49(62-47)58(41-15-9-38(2)10-16-41)51-28-30-53(64-51)60(54-31-29-52(65-54)59(50-27-25-48(57)63-50)42-17-11-39(3)12-18-42)43-19-21-44(22-20-43)61(67)71-34-6-33-70-56(66)36-45-35-46(68-4)23-32-55(45)69-5/h7-32,35,62,65H,6,33-34,36H2,1-5H3. The molecule has 10 rings (SSSR count). The summed E-state index contributed by atoms with van der Waals surface area (Å²) in [6.07, 6.45) is 8.70. The molecule has 2 N–H and O–H groups in total. The third-order valence-corrected chi connectivity index (χ3v) is 12.8. The summed E-state index contributed by atoms with van der Waals surface area (Å²) in [4.78, 5) is 44.5. The summed E-state index contributed by atoms with van der Waals surface area (Å²) in [6, 6.07) is 46.8. The van der Waals surface area contributed by atoms with Gasteiger partial charge in [0.25, 0.3) is 0 Å². The van der Waals surface area contributed by atoms with E-state index < -0.39 is 11.9 Å². The van der Waals surface area contributed by atoms with Crippen LogP contribution < -0.4 is 9.47 Å². The smallest absolute Gasteiger partial charge is 0.338 e. The van der Waals surface area contributed by atoms with Gasteiger partial charge in [0.05, 0.1) is 62.2 Å². The number of hydrogen-bond acceptors (Lipinski definition) is 8. The van der Waals surface area contributed by atoms with Gasteiger partial charge in [-0.1, -0.05) is 102 Å². The van der Waals surface area contributed by atoms with Crippen LogP contribution in [-0.2, 0) is 20.7 Å². The number of fused-ring (bicyclic) bond motifs is 8. The Bertz CT molecular complexity index is 3500. The Morgan fingerprint density at radius 3 is 1.25 bits per heavy atom. The summed E-state index contributed by atoms with van der Waals surface area (Å²) in [5.41, 5.74) is 19.1. The summed E-state index contributed by atoms with van der Waals surface area (Å²) < 4.78 is 21.8. The molecule has 8 aromatic rings. The molecule has 5 heterocycles. The number of benzene rings is 5. The van der Waals surface area contributed by atoms with Crippen LogP contribution in [-0.4, -0.2) is 59.3 Å². The molecule has 0 radical (unpaired) electrons. The normalized spacial score (nSPS) is 11.7. The van der Waals surface area contributed by atoms with Crippen molar-refractivity contribution < 1.29 is 28.5 Å². The Morgan fingerprint density at radius 2 is 0.859 bits per heavy atom. The lowest BCUT2D eigenvalue weighted by Gasteiger charge is -2.11. The highest BCUT2D eigenvalue weighted by Crippen LogP contribution is 2.39. The van der Waals surface area contributed by atoms with E-state index in [1.165, 1.54) is 5.56 Å². The molecule has 0 spiro atoms. The van der Waals surface area contributed by atoms with Crippen LogP contribution in [0, 0.1) is 20.8 Å². The van der Waals surface area contributed by atoms with Gasteiger partial charge in [0.1, 0.15) is 11.5 Å². The number of nitrogens with one attached hydrogen (secondary N) is 2. The predicted molar refractivity (Wildman–Crippen MR) is 284 cm³/mol. The molecule has 0 saturated carbocycles. The number of aromatic amines is 2. The Hall–Kier alpha value is -8.76. The molecule has 352 valence electrons. The topological polar surface area (TPSA) is 128 Å². The van der Waals surface area contributed by atoms with Gasteiger partial charge in [-0.3, -0.25) is 4.79 Å². The molecule has 0 unspecified atom stereocenters. The maximum Gasteiger partial charge on any atom is 0.338 e. The van der Waals surface area contributed by atoms with E-state index in [-0.39, 0.29) is 19.6 Å². The summed E-state index contributed by atoms with van der Waals surface area (Å²) >= 11 is 0. The quantitative estimate of drug-likeness (QED) is 0.0864. The second-order valence-corrected chi connectivity index (χ2v) is 17.7. The van der Waals surface area contributed by atoms with E-state index in [0.29, 0.717) is 29.0 Å². The first-order chi connectivity index (χ1) is 34.6. The molecule has 2 aliphatic heterocycles. The first kappa shape index (κ1) is 46.0. The molecule has 71 heavy (non-hydrogen) atoms. The molecule has 5 aromatic carbocycles. The molecule has 0 fully saturated rings. The van der Waals surface area contributed by atoms with E-state index in [2.05, 4.69) is 152 Å². The number of carbonyl (C=O) groups is 2. The van der Waals surface area contributed by atoms with E-state index in [4.69, 9.17) is 28.9 Å². The number of methoxy groups -OCH3 is 2. The zero-order valence-corrected chi connectivity index (χ0v) is 40.3. The first-order valence-corrected chi connectivity index (χ1v) is 23.6. The lowest BCUT2D eigenvalue weighted by molar-refractivity contribution is -0.143. The number of esters is 2. The van der Waals surface area contributed by atoms with Crippen molar-refractivity contribution in [3.8, 4) is 56.0 Å². The van der Waals surface area contributed by atoms with Gasteiger partial charge in [-0.15, -0.1) is 0 Å². The second-order valence-electron chi connectivity index (χ2n) is 17.7. The Labute approximate surface area is 412 Å². The fourth-order valence-corrected chi connectivity index (χ4v) is 9.07. The lowest BCUT2D eigenvalue weighted by Crippen LogP contribution is -2.13. The monoisotopic (exact) mass is 936 g/mol. The third-order valence-electron chi connectivity index (χ3n) is 12.8. The third kappa shape index (κ3) is 9.78. The highest BCUT2D eigenvalue weighted by atomic mass is 16.5. The van der Waals surface area contributed by atoms with Gasteiger partial charge >= 0.3 is 11.9 Å². The van der Waals surface area contributed by atoms with Crippen LogP contribution in [0.3, 0.4) is 0 Å². The van der Waals surface area contributed by atoms with E-state index in [1.807, 2.05) is 12.1 Å². The fourth-order valence-electron chi connectivity index (χ4n) is 9.07. The van der Waals surface area contributed by atoms with Crippen molar-refractivity contribution in [2.45, 2.75) is 33.6 Å². The van der Waals surface area contributed by atoms with Gasteiger partial charge in [-0.25, -0.2) is 14.8 Å². The van der Waals surface area contributed by atoms with Crippen molar-refractivity contribution in [2.75, 3.05) is 27.4 Å². The van der Waals surface area contributed by atoms with Crippen molar-refractivity contribution in [2.24, 2.45) is 0 Å². The molecule has 3 aromatic heterocycles. The summed E-state index contributed by atoms with van der Waals surface area (Å²) in [6.45, 7) is 6.45. The van der Waals surface area contributed by atoms with Crippen LogP contribution in [0.2, 0.25) is 0 Å². The SMILES string of the molecule is COc1ccc(OC)c(CC(=O)OCCCOC(=O)c2ccc(-c3c4nc(c(-c5ccc(C)cc5)c5ccc([nH]5)c(-c5ccc(C)cc5)c5nc(c(-c6ccc(C)cc6)c6ccc3[nH]6)C=C5)C=C4)cc2)c1. The molecule has 10 nitrogen and oxygen atoms in total. The van der Waals surface area contributed by atoms with Crippen LogP contribution in [0.15, 0.2) is 140 Å². The first-order valence-electron chi connectivity index (χ1n) is 23.6. The van der Waals surface area contributed by atoms with E-state index in [1.54, 1.807) is 44.6 Å². The number of hydrogen-bond donors (Lipinski definition) is 2. The second kappa shape index (κ2) is 20.1. The number of H-pyrrole nitrogens is 2. The molecule has 0 atom stereocenters. The van der Waals surface area contributed by atoms with Gasteiger partial charge in [0.15, 0.2) is 0 Å². The zero-order valence-electron chi connectivity index (χ0n) is 40.3. The van der Waals surface area contributed by atoms with Crippen molar-refractivity contribution in [1.82, 2.24) is 19.9 Å². The molecule has 10 heteroatoms. The van der Waals surface area contributed by atoms with Crippen LogP contribution in [0.25, 0.3) is 90.9 Å². The summed E-state index contributed by atoms with van der Waals surface area (Å²) in [5, 5.41) is 0. The van der Waals surface area contributed by atoms with Crippen molar-refractivity contribution in [3.63, 3.8) is 0 Å². The molecular weight excluding hydrogens is 885 g/mol. The van der Waals surface area contributed by atoms with Gasteiger partial charge < -0.3 is 28.9 Å². The molecule has 2 aliphatic rings. The number of aromatic nitrogens is 4. The number of carbonyl (C=O) groups excluding carboxylic acids is 2. The van der Waals surface area contributed by atoms with E-state index in [9.17, 15) is 9.59 Å². The predicted octanol–water partition coefficient (Wildman–Crippen LogP) is 13.6. The molecule has 8 bridgehead atoms. The van der Waals surface area contributed by atoms with Crippen molar-refractivity contribution in [3.05, 3.63) is 190 Å². The van der Waals surface area contributed by atoms with Gasteiger partial charge in [-0.2, -0.15) is 0 Å². The fraction of sp³-hybridized carbons (Fsp3) is 0.148. The molecule has 0 aliphatic carbocycles. The van der Waals surface area contributed by atoms with Crippen molar-refractivity contribution in [1.29, 1.82) is 0 Å². The van der Waals surface area contributed by atoms with E-state index >= 15 is 0 Å². The minimum absolute atomic E-state index is 0.0175. The summed E-state index contributed by atoms with van der Waals surface area (Å²) in [5.74, 6) is 0.284. The largest absolute Gasteiger partial charge is 0.497 e. The molecular formula is C61H52N4O6. The van der Waals surface area contributed by atoms with Crippen LogP contribution in [0.1, 0.15) is 61.8 Å². The minimum Gasteiger partial charge on any atom is -0.497 e. The number of rotatable bonds is 13. The lowest BCUT2D eigenvalue weighted by atomic mass is 10.0. The Balaban J connectivity index is 1.04.